The van der Waals surface area contributed by atoms with Gasteiger partial charge in [0.05, 0.1) is 5.56 Å². The molecule has 0 radical (unpaired) electrons. The fraction of sp³-hybridized carbons (Fsp3) is 0.714. The molecule has 1 saturated heterocycles. The monoisotopic (exact) mass is 481 g/mol. The minimum absolute atomic E-state index is 0.0288. The zero-order chi connectivity index (χ0) is 24.4. The van der Waals surface area contributed by atoms with Crippen molar-refractivity contribution in [2.75, 3.05) is 49.5 Å². The number of nitrogens with one attached hydrogen (secondary N) is 3. The Balaban J connectivity index is 1.26. The largest absolute Gasteiger partial charge is 0.371 e. The average Bonchev–Trinajstić information content (AvgIpc) is 3.35. The number of likely N-dealkylation sites (N-methyl/N-ethyl adjacent to an activating group) is 1. The van der Waals surface area contributed by atoms with Gasteiger partial charge in [0, 0.05) is 43.1 Å². The molecule has 3 N–H and O–H groups in total. The topological polar surface area (TPSA) is 76.7 Å². The van der Waals surface area contributed by atoms with Gasteiger partial charge in [-0.15, -0.1) is 0 Å². The molecule has 35 heavy (non-hydrogen) atoms. The maximum Gasteiger partial charge on any atom is 0.319 e. The zero-order valence-electron chi connectivity index (χ0n) is 21.6. The lowest BCUT2D eigenvalue weighted by atomic mass is 9.53. The molecule has 1 heterocycles. The van der Waals surface area contributed by atoms with E-state index in [0.29, 0.717) is 17.8 Å². The standard InChI is InChI=1S/C28H43N5O2/c1-3-32(4-2)12-9-29-26(34)24-16-23(7-8-25(24)33-10-5-6-11-33)30-27(35)31-28-17-20-13-21(18-28)15-22(14-20)19-28/h7-8,16,20-22H,3-6,9-15,17-19H2,1-2H3,(H,29,34)(H2,30,31,35). The van der Waals surface area contributed by atoms with Crippen molar-refractivity contribution in [2.45, 2.75) is 70.8 Å². The smallest absolute Gasteiger partial charge is 0.319 e. The molecular weight excluding hydrogens is 438 g/mol. The van der Waals surface area contributed by atoms with Crippen molar-refractivity contribution in [1.82, 2.24) is 15.5 Å². The van der Waals surface area contributed by atoms with E-state index in [1.807, 2.05) is 18.2 Å². The highest BCUT2D eigenvalue weighted by molar-refractivity contribution is 6.02. The number of carbonyl (C=O) groups excluding carboxylic acids is 2. The third kappa shape index (κ3) is 5.45. The van der Waals surface area contributed by atoms with Crippen LogP contribution >= 0.6 is 0 Å². The number of hydrogen-bond donors (Lipinski definition) is 3. The molecule has 6 rings (SSSR count). The Morgan fingerprint density at radius 2 is 1.63 bits per heavy atom. The molecule has 0 unspecified atom stereocenters. The molecule has 4 aliphatic carbocycles. The lowest BCUT2D eigenvalue weighted by Crippen LogP contribution is -2.60. The first kappa shape index (κ1) is 24.4. The summed E-state index contributed by atoms with van der Waals surface area (Å²) in [6.45, 7) is 9.62. The first-order valence-corrected chi connectivity index (χ1v) is 14.0. The van der Waals surface area contributed by atoms with Gasteiger partial charge in [0.2, 0.25) is 0 Å². The van der Waals surface area contributed by atoms with Crippen LogP contribution in [0.2, 0.25) is 0 Å². The Labute approximate surface area is 210 Å². The summed E-state index contributed by atoms with van der Waals surface area (Å²) in [5.41, 5.74) is 2.27. The van der Waals surface area contributed by atoms with Crippen molar-refractivity contribution in [3.8, 4) is 0 Å². The van der Waals surface area contributed by atoms with E-state index in [1.165, 1.54) is 19.3 Å². The lowest BCUT2D eigenvalue weighted by Gasteiger charge is -2.56. The van der Waals surface area contributed by atoms with Crippen LogP contribution in [0.3, 0.4) is 0 Å². The summed E-state index contributed by atoms with van der Waals surface area (Å²) in [5, 5.41) is 9.56. The predicted octanol–water partition coefficient (Wildman–Crippen LogP) is 4.45. The molecule has 0 spiro atoms. The van der Waals surface area contributed by atoms with Crippen LogP contribution in [0.5, 0.6) is 0 Å². The van der Waals surface area contributed by atoms with Crippen LogP contribution in [-0.4, -0.2) is 61.6 Å². The van der Waals surface area contributed by atoms with Crippen molar-refractivity contribution in [2.24, 2.45) is 17.8 Å². The molecule has 5 fully saturated rings. The molecule has 1 aliphatic heterocycles. The Hall–Kier alpha value is -2.28. The van der Waals surface area contributed by atoms with Gasteiger partial charge in [-0.2, -0.15) is 0 Å². The van der Waals surface area contributed by atoms with E-state index in [2.05, 4.69) is 39.6 Å². The molecule has 3 amide bonds. The molecule has 7 nitrogen and oxygen atoms in total. The number of rotatable bonds is 9. The molecule has 4 saturated carbocycles. The SMILES string of the molecule is CCN(CC)CCNC(=O)c1cc(NC(=O)NC23CC4CC(CC(C4)C2)C3)ccc1N1CCCC1. The average molecular weight is 482 g/mol. The van der Waals surface area contributed by atoms with Crippen molar-refractivity contribution in [3.63, 3.8) is 0 Å². The minimum Gasteiger partial charge on any atom is -0.371 e. The van der Waals surface area contributed by atoms with Crippen LogP contribution in [0.4, 0.5) is 16.2 Å². The van der Waals surface area contributed by atoms with Crippen LogP contribution in [0, 0.1) is 17.8 Å². The van der Waals surface area contributed by atoms with Gasteiger partial charge in [0.1, 0.15) is 0 Å². The quantitative estimate of drug-likeness (QED) is 0.487. The van der Waals surface area contributed by atoms with E-state index in [0.717, 1.165) is 88.3 Å². The third-order valence-electron chi connectivity index (χ3n) is 8.97. The van der Waals surface area contributed by atoms with Gasteiger partial charge in [-0.3, -0.25) is 4.79 Å². The maximum atomic E-state index is 13.2. The maximum absolute atomic E-state index is 13.2. The van der Waals surface area contributed by atoms with Gasteiger partial charge in [-0.1, -0.05) is 13.8 Å². The van der Waals surface area contributed by atoms with Gasteiger partial charge in [-0.25, -0.2) is 4.79 Å². The Morgan fingerprint density at radius 3 is 2.23 bits per heavy atom. The van der Waals surface area contributed by atoms with Gasteiger partial charge < -0.3 is 25.8 Å². The van der Waals surface area contributed by atoms with Crippen molar-refractivity contribution < 1.29 is 9.59 Å². The minimum atomic E-state index is -0.131. The molecule has 0 atom stereocenters. The van der Waals surface area contributed by atoms with E-state index in [-0.39, 0.29) is 17.5 Å². The van der Waals surface area contributed by atoms with E-state index in [9.17, 15) is 9.59 Å². The van der Waals surface area contributed by atoms with E-state index in [4.69, 9.17) is 0 Å². The molecule has 0 aromatic heterocycles. The normalized spacial score (nSPS) is 29.0. The van der Waals surface area contributed by atoms with Gasteiger partial charge in [-0.05, 0) is 100 Å². The molecule has 5 aliphatic rings. The Morgan fingerprint density at radius 1 is 1.00 bits per heavy atom. The number of urea groups is 1. The highest BCUT2D eigenvalue weighted by Crippen LogP contribution is 2.55. The van der Waals surface area contributed by atoms with Crippen LogP contribution in [0.1, 0.15) is 75.6 Å². The van der Waals surface area contributed by atoms with E-state index in [1.54, 1.807) is 0 Å². The van der Waals surface area contributed by atoms with Crippen molar-refractivity contribution >= 4 is 23.3 Å². The van der Waals surface area contributed by atoms with E-state index >= 15 is 0 Å². The van der Waals surface area contributed by atoms with Crippen molar-refractivity contribution in [3.05, 3.63) is 23.8 Å². The fourth-order valence-corrected chi connectivity index (χ4v) is 7.66. The molecule has 1 aromatic carbocycles. The summed E-state index contributed by atoms with van der Waals surface area (Å²) in [7, 11) is 0. The molecule has 4 bridgehead atoms. The summed E-state index contributed by atoms with van der Waals surface area (Å²) in [4.78, 5) is 30.9. The predicted molar refractivity (Wildman–Crippen MR) is 141 cm³/mol. The number of carbonyl (C=O) groups is 2. The van der Waals surface area contributed by atoms with E-state index < -0.39 is 0 Å². The summed E-state index contributed by atoms with van der Waals surface area (Å²) in [6, 6.07) is 5.68. The molecule has 192 valence electrons. The first-order valence-electron chi connectivity index (χ1n) is 14.0. The second-order valence-corrected chi connectivity index (χ2v) is 11.5. The van der Waals surface area contributed by atoms with Crippen LogP contribution < -0.4 is 20.9 Å². The zero-order valence-corrected chi connectivity index (χ0v) is 21.6. The summed E-state index contributed by atoms with van der Waals surface area (Å²) in [6.07, 6.45) is 9.74. The number of anilines is 2. The number of nitrogens with zero attached hydrogens (tertiary/aromatic N) is 2. The van der Waals surface area contributed by atoms with Crippen LogP contribution in [-0.2, 0) is 0 Å². The van der Waals surface area contributed by atoms with Gasteiger partial charge in [0.25, 0.3) is 5.91 Å². The molecular formula is C28H43N5O2. The highest BCUT2D eigenvalue weighted by atomic mass is 16.2. The van der Waals surface area contributed by atoms with Gasteiger partial charge in [0.15, 0.2) is 0 Å². The fourth-order valence-electron chi connectivity index (χ4n) is 7.66. The molecule has 7 heteroatoms. The number of hydrogen-bond acceptors (Lipinski definition) is 4. The Kier molecular flexibility index (Phi) is 7.24. The van der Waals surface area contributed by atoms with Gasteiger partial charge >= 0.3 is 6.03 Å². The van der Waals surface area contributed by atoms with Crippen LogP contribution in [0.25, 0.3) is 0 Å². The number of benzene rings is 1. The third-order valence-corrected chi connectivity index (χ3v) is 8.97. The second kappa shape index (κ2) is 10.4. The summed E-state index contributed by atoms with van der Waals surface area (Å²) in [5.74, 6) is 2.29. The summed E-state index contributed by atoms with van der Waals surface area (Å²) < 4.78 is 0. The second-order valence-electron chi connectivity index (χ2n) is 11.5. The Bertz CT molecular complexity index is 887. The lowest BCUT2D eigenvalue weighted by molar-refractivity contribution is -0.0127. The first-order chi connectivity index (χ1) is 17.0. The number of amides is 3. The van der Waals surface area contributed by atoms with Crippen LogP contribution in [0.15, 0.2) is 18.2 Å². The highest BCUT2D eigenvalue weighted by Gasteiger charge is 2.51. The van der Waals surface area contributed by atoms with Crippen molar-refractivity contribution in [1.29, 1.82) is 0 Å². The summed E-state index contributed by atoms with van der Waals surface area (Å²) >= 11 is 0. The molecule has 1 aromatic rings.